The summed E-state index contributed by atoms with van der Waals surface area (Å²) in [5.41, 5.74) is 1.37. The van der Waals surface area contributed by atoms with Gasteiger partial charge in [-0.25, -0.2) is 4.79 Å². The fourth-order valence-electron chi connectivity index (χ4n) is 0.965. The molecule has 0 aromatic heterocycles. The van der Waals surface area contributed by atoms with Crippen molar-refractivity contribution in [2.45, 2.75) is 53.6 Å². The highest BCUT2D eigenvalue weighted by molar-refractivity contribution is 5.91. The van der Waals surface area contributed by atoms with Crippen LogP contribution in [0.15, 0.2) is 23.3 Å². The van der Waals surface area contributed by atoms with E-state index in [1.165, 1.54) is 5.57 Å². The summed E-state index contributed by atoms with van der Waals surface area (Å²) in [6, 6.07) is 0. The highest BCUT2D eigenvalue weighted by Gasteiger charge is 2.17. The van der Waals surface area contributed by atoms with Crippen molar-refractivity contribution in [1.29, 1.82) is 0 Å². The standard InChI is InChI=1S/C13H22O2/c1-7-10(3)9-11(8-2)12(14)15-13(4,5)6/h8-9H,7H2,1-6H3/b10-9-,11-8+. The van der Waals surface area contributed by atoms with E-state index in [1.54, 1.807) is 6.08 Å². The van der Waals surface area contributed by atoms with Crippen molar-refractivity contribution in [3.8, 4) is 0 Å². The van der Waals surface area contributed by atoms with Gasteiger partial charge in [0.1, 0.15) is 5.60 Å². The van der Waals surface area contributed by atoms with E-state index in [4.69, 9.17) is 4.74 Å². The molecule has 0 N–H and O–H groups in total. The first-order valence-corrected chi connectivity index (χ1v) is 5.37. The molecule has 86 valence electrons. The lowest BCUT2D eigenvalue weighted by Crippen LogP contribution is -2.24. The number of esters is 1. The number of rotatable bonds is 3. The zero-order valence-corrected chi connectivity index (χ0v) is 10.7. The molecular formula is C13H22O2. The van der Waals surface area contributed by atoms with Gasteiger partial charge >= 0.3 is 5.97 Å². The average Bonchev–Trinajstić information content (AvgIpc) is 2.10. The molecule has 0 amide bonds. The molecule has 0 aliphatic heterocycles. The van der Waals surface area contributed by atoms with Gasteiger partial charge in [0.15, 0.2) is 0 Å². The Morgan fingerprint density at radius 3 is 2.20 bits per heavy atom. The van der Waals surface area contributed by atoms with Crippen LogP contribution in [-0.2, 0) is 9.53 Å². The Hall–Kier alpha value is -1.05. The van der Waals surface area contributed by atoms with Gasteiger partial charge in [-0.2, -0.15) is 0 Å². The minimum Gasteiger partial charge on any atom is -0.456 e. The number of hydrogen-bond acceptors (Lipinski definition) is 2. The average molecular weight is 210 g/mol. The third-order valence-electron chi connectivity index (χ3n) is 1.91. The monoisotopic (exact) mass is 210 g/mol. The minimum absolute atomic E-state index is 0.252. The van der Waals surface area contributed by atoms with Crippen molar-refractivity contribution in [1.82, 2.24) is 0 Å². The third kappa shape index (κ3) is 6.10. The van der Waals surface area contributed by atoms with E-state index < -0.39 is 5.60 Å². The topological polar surface area (TPSA) is 26.3 Å². The Balaban J connectivity index is 4.66. The lowest BCUT2D eigenvalue weighted by atomic mass is 10.1. The van der Waals surface area contributed by atoms with Crippen LogP contribution in [0, 0.1) is 0 Å². The molecule has 0 saturated carbocycles. The maximum atomic E-state index is 11.7. The zero-order chi connectivity index (χ0) is 12.1. The Morgan fingerprint density at radius 1 is 1.33 bits per heavy atom. The molecule has 0 heterocycles. The van der Waals surface area contributed by atoms with Crippen LogP contribution >= 0.6 is 0 Å². The van der Waals surface area contributed by atoms with Crippen molar-refractivity contribution in [2.24, 2.45) is 0 Å². The number of carbonyl (C=O) groups is 1. The molecule has 0 aliphatic rings. The van der Waals surface area contributed by atoms with Crippen molar-refractivity contribution < 1.29 is 9.53 Å². The maximum Gasteiger partial charge on any atom is 0.338 e. The molecule has 0 aliphatic carbocycles. The summed E-state index contributed by atoms with van der Waals surface area (Å²) in [5.74, 6) is -0.252. The van der Waals surface area contributed by atoms with Crippen LogP contribution in [0.4, 0.5) is 0 Å². The third-order valence-corrected chi connectivity index (χ3v) is 1.91. The smallest absolute Gasteiger partial charge is 0.338 e. The maximum absolute atomic E-state index is 11.7. The first kappa shape index (κ1) is 13.9. The summed E-state index contributed by atoms with van der Waals surface area (Å²) >= 11 is 0. The molecular weight excluding hydrogens is 188 g/mol. The van der Waals surface area contributed by atoms with Crippen LogP contribution in [0.5, 0.6) is 0 Å². The molecule has 2 heteroatoms. The van der Waals surface area contributed by atoms with Crippen LogP contribution in [-0.4, -0.2) is 11.6 Å². The normalized spacial score (nSPS) is 14.0. The molecule has 0 aromatic rings. The molecule has 0 radical (unpaired) electrons. The van der Waals surface area contributed by atoms with Gasteiger partial charge in [0.25, 0.3) is 0 Å². The van der Waals surface area contributed by atoms with E-state index in [-0.39, 0.29) is 5.97 Å². The first-order valence-electron chi connectivity index (χ1n) is 5.37. The predicted octanol–water partition coefficient (Wildman–Crippen LogP) is 3.63. The van der Waals surface area contributed by atoms with E-state index in [0.29, 0.717) is 5.57 Å². The fraction of sp³-hybridized carbons (Fsp3) is 0.615. The van der Waals surface area contributed by atoms with E-state index in [2.05, 4.69) is 6.92 Å². The quantitative estimate of drug-likeness (QED) is 0.404. The second-order valence-corrected chi connectivity index (χ2v) is 4.59. The SMILES string of the molecule is C/C=C(\C=C(\C)CC)C(=O)OC(C)(C)C. The highest BCUT2D eigenvalue weighted by atomic mass is 16.6. The summed E-state index contributed by atoms with van der Waals surface area (Å²) in [6.45, 7) is 11.5. The van der Waals surface area contributed by atoms with Crippen LogP contribution < -0.4 is 0 Å². The molecule has 0 saturated heterocycles. The lowest BCUT2D eigenvalue weighted by molar-refractivity contribution is -0.149. The summed E-state index contributed by atoms with van der Waals surface area (Å²) in [5, 5.41) is 0. The van der Waals surface area contributed by atoms with Crippen LogP contribution in [0.3, 0.4) is 0 Å². The molecule has 0 spiro atoms. The lowest BCUT2D eigenvalue weighted by Gasteiger charge is -2.19. The van der Waals surface area contributed by atoms with Gasteiger partial charge in [-0.3, -0.25) is 0 Å². The second kappa shape index (κ2) is 5.74. The fourth-order valence-corrected chi connectivity index (χ4v) is 0.965. The van der Waals surface area contributed by atoms with E-state index in [0.717, 1.165) is 6.42 Å². The van der Waals surface area contributed by atoms with Crippen molar-refractivity contribution in [2.75, 3.05) is 0 Å². The summed E-state index contributed by atoms with van der Waals surface area (Å²) in [6.07, 6.45) is 4.61. The molecule has 2 nitrogen and oxygen atoms in total. The van der Waals surface area contributed by atoms with Crippen molar-refractivity contribution >= 4 is 5.97 Å². The molecule has 0 fully saturated rings. The minimum atomic E-state index is -0.431. The number of carbonyl (C=O) groups excluding carboxylic acids is 1. The van der Waals surface area contributed by atoms with E-state index in [9.17, 15) is 4.79 Å². The summed E-state index contributed by atoms with van der Waals surface area (Å²) < 4.78 is 5.28. The van der Waals surface area contributed by atoms with Gasteiger partial charge in [0, 0.05) is 0 Å². The van der Waals surface area contributed by atoms with Gasteiger partial charge in [0.05, 0.1) is 5.57 Å². The Morgan fingerprint density at radius 2 is 1.87 bits per heavy atom. The molecule has 0 atom stereocenters. The molecule has 0 unspecified atom stereocenters. The van der Waals surface area contributed by atoms with E-state index in [1.807, 2.05) is 40.7 Å². The van der Waals surface area contributed by atoms with Crippen LogP contribution in [0.2, 0.25) is 0 Å². The number of ether oxygens (including phenoxy) is 1. The largest absolute Gasteiger partial charge is 0.456 e. The van der Waals surface area contributed by atoms with Gasteiger partial charge in [-0.05, 0) is 47.1 Å². The first-order chi connectivity index (χ1) is 6.80. The molecule has 0 bridgehead atoms. The molecule has 15 heavy (non-hydrogen) atoms. The van der Waals surface area contributed by atoms with Gasteiger partial charge < -0.3 is 4.74 Å². The van der Waals surface area contributed by atoms with Gasteiger partial charge in [0.2, 0.25) is 0 Å². The second-order valence-electron chi connectivity index (χ2n) is 4.59. The van der Waals surface area contributed by atoms with E-state index >= 15 is 0 Å². The Labute approximate surface area is 93.0 Å². The number of allylic oxidation sites excluding steroid dienone is 2. The Bertz CT molecular complexity index is 277. The Kier molecular flexibility index (Phi) is 5.34. The summed E-state index contributed by atoms with van der Waals surface area (Å²) in [7, 11) is 0. The molecule has 0 rings (SSSR count). The molecule has 0 aromatic carbocycles. The zero-order valence-electron chi connectivity index (χ0n) is 10.7. The summed E-state index contributed by atoms with van der Waals surface area (Å²) in [4.78, 5) is 11.7. The number of hydrogen-bond donors (Lipinski definition) is 0. The van der Waals surface area contributed by atoms with Gasteiger partial charge in [-0.15, -0.1) is 0 Å². The predicted molar refractivity (Wildman–Crippen MR) is 63.7 cm³/mol. The van der Waals surface area contributed by atoms with Crippen LogP contribution in [0.1, 0.15) is 48.0 Å². The van der Waals surface area contributed by atoms with Crippen molar-refractivity contribution in [3.05, 3.63) is 23.3 Å². The van der Waals surface area contributed by atoms with Crippen molar-refractivity contribution in [3.63, 3.8) is 0 Å². The van der Waals surface area contributed by atoms with Gasteiger partial charge in [-0.1, -0.05) is 18.6 Å². The van der Waals surface area contributed by atoms with Crippen LogP contribution in [0.25, 0.3) is 0 Å². The highest BCUT2D eigenvalue weighted by Crippen LogP contribution is 2.13.